The zero-order valence-corrected chi connectivity index (χ0v) is 16.2. The first-order valence-electron chi connectivity index (χ1n) is 8.99. The molecule has 1 aromatic heterocycles. The fourth-order valence-electron chi connectivity index (χ4n) is 2.73. The van der Waals surface area contributed by atoms with Crippen LogP contribution in [0.15, 0.2) is 84.2 Å². The number of nitrogens with one attached hydrogen (secondary N) is 1. The summed E-state index contributed by atoms with van der Waals surface area (Å²) < 4.78 is 18.7. The molecule has 29 heavy (non-hydrogen) atoms. The molecule has 1 heterocycles. The molecule has 144 valence electrons. The number of carbonyl (C=O) groups excluding carboxylic acids is 1. The van der Waals surface area contributed by atoms with E-state index in [-0.39, 0.29) is 18.1 Å². The molecule has 1 amide bonds. The highest BCUT2D eigenvalue weighted by atomic mass is 32.1. The predicted molar refractivity (Wildman–Crippen MR) is 113 cm³/mol. The van der Waals surface area contributed by atoms with Gasteiger partial charge in [-0.1, -0.05) is 30.3 Å². The number of halogens is 1. The molecule has 1 N–H and O–H groups in total. The number of hydrogen-bond acceptors (Lipinski definition) is 4. The number of para-hydroxylation sites is 1. The number of hydrogen-bond donors (Lipinski definition) is 1. The molecule has 0 spiro atoms. The second-order valence-corrected chi connectivity index (χ2v) is 7.19. The molecule has 0 aliphatic rings. The third-order valence-electron chi connectivity index (χ3n) is 4.16. The summed E-state index contributed by atoms with van der Waals surface area (Å²) in [7, 11) is 0. The summed E-state index contributed by atoms with van der Waals surface area (Å²) in [6, 6.07) is 23.1. The first-order valence-corrected chi connectivity index (χ1v) is 9.87. The second-order valence-electron chi connectivity index (χ2n) is 6.33. The van der Waals surface area contributed by atoms with Crippen molar-refractivity contribution < 1.29 is 13.9 Å². The van der Waals surface area contributed by atoms with E-state index in [1.807, 2.05) is 60.0 Å². The van der Waals surface area contributed by atoms with Gasteiger partial charge in [0.25, 0.3) is 0 Å². The largest absolute Gasteiger partial charge is 0.457 e. The van der Waals surface area contributed by atoms with Gasteiger partial charge < -0.3 is 10.1 Å². The molecule has 3 aromatic carbocycles. The fourth-order valence-corrected chi connectivity index (χ4v) is 3.47. The Morgan fingerprint density at radius 1 is 0.931 bits per heavy atom. The normalized spacial score (nSPS) is 10.5. The van der Waals surface area contributed by atoms with Crippen LogP contribution in [0.25, 0.3) is 11.3 Å². The van der Waals surface area contributed by atoms with Crippen molar-refractivity contribution in [2.24, 2.45) is 0 Å². The van der Waals surface area contributed by atoms with Gasteiger partial charge >= 0.3 is 0 Å². The van der Waals surface area contributed by atoms with Gasteiger partial charge in [-0.05, 0) is 54.1 Å². The zero-order valence-electron chi connectivity index (χ0n) is 15.3. The summed E-state index contributed by atoms with van der Waals surface area (Å²) in [5, 5.41) is 5.20. The van der Waals surface area contributed by atoms with Crippen molar-refractivity contribution in [3.05, 3.63) is 95.6 Å². The van der Waals surface area contributed by atoms with Gasteiger partial charge in [-0.3, -0.25) is 4.79 Å². The number of amides is 1. The minimum absolute atomic E-state index is 0.167. The highest BCUT2D eigenvalue weighted by molar-refractivity contribution is 7.14. The lowest BCUT2D eigenvalue weighted by atomic mass is 10.1. The van der Waals surface area contributed by atoms with Crippen LogP contribution >= 0.6 is 11.3 Å². The van der Waals surface area contributed by atoms with E-state index in [4.69, 9.17) is 4.74 Å². The van der Waals surface area contributed by atoms with Gasteiger partial charge in [0.05, 0.1) is 12.1 Å². The number of benzene rings is 3. The Labute approximate surface area is 171 Å². The predicted octanol–water partition coefficient (Wildman–Crippen LogP) is 5.92. The van der Waals surface area contributed by atoms with E-state index in [1.54, 1.807) is 12.1 Å². The van der Waals surface area contributed by atoms with Gasteiger partial charge in [0.2, 0.25) is 5.91 Å². The Hall–Kier alpha value is -3.51. The third-order valence-corrected chi connectivity index (χ3v) is 4.92. The molecule has 4 nitrogen and oxygen atoms in total. The molecule has 0 bridgehead atoms. The van der Waals surface area contributed by atoms with Crippen molar-refractivity contribution in [1.82, 2.24) is 4.98 Å². The van der Waals surface area contributed by atoms with E-state index in [2.05, 4.69) is 10.3 Å². The molecule has 4 rings (SSSR count). The van der Waals surface area contributed by atoms with Crippen LogP contribution in [0.5, 0.6) is 11.5 Å². The molecule has 0 unspecified atom stereocenters. The van der Waals surface area contributed by atoms with Crippen LogP contribution in [0.1, 0.15) is 5.56 Å². The van der Waals surface area contributed by atoms with Crippen molar-refractivity contribution in [3.8, 4) is 22.8 Å². The Morgan fingerprint density at radius 2 is 1.62 bits per heavy atom. The van der Waals surface area contributed by atoms with Gasteiger partial charge in [-0.25, -0.2) is 9.37 Å². The second kappa shape index (κ2) is 8.67. The minimum Gasteiger partial charge on any atom is -0.457 e. The maximum Gasteiger partial charge on any atom is 0.230 e. The minimum atomic E-state index is -0.320. The molecule has 0 atom stereocenters. The van der Waals surface area contributed by atoms with Gasteiger partial charge in [0.15, 0.2) is 5.13 Å². The molecular formula is C23H17FN2O2S. The highest BCUT2D eigenvalue weighted by Gasteiger charge is 2.09. The molecule has 0 saturated heterocycles. The maximum absolute atomic E-state index is 13.0. The van der Waals surface area contributed by atoms with Crippen LogP contribution < -0.4 is 10.1 Å². The number of nitrogens with zero attached hydrogens (tertiary/aromatic N) is 1. The third kappa shape index (κ3) is 5.06. The smallest absolute Gasteiger partial charge is 0.230 e. The van der Waals surface area contributed by atoms with E-state index >= 15 is 0 Å². The zero-order chi connectivity index (χ0) is 20.1. The number of ether oxygens (including phenoxy) is 1. The number of thiazole rings is 1. The summed E-state index contributed by atoms with van der Waals surface area (Å²) in [6.45, 7) is 0. The highest BCUT2D eigenvalue weighted by Crippen LogP contribution is 2.28. The van der Waals surface area contributed by atoms with E-state index in [0.717, 1.165) is 28.3 Å². The topological polar surface area (TPSA) is 51.2 Å². The van der Waals surface area contributed by atoms with Crippen LogP contribution in [0.4, 0.5) is 9.52 Å². The van der Waals surface area contributed by atoms with Gasteiger partial charge in [-0.15, -0.1) is 11.3 Å². The van der Waals surface area contributed by atoms with Crippen molar-refractivity contribution in [2.75, 3.05) is 5.32 Å². The van der Waals surface area contributed by atoms with Gasteiger partial charge in [0, 0.05) is 10.9 Å². The Morgan fingerprint density at radius 3 is 2.34 bits per heavy atom. The molecule has 0 aliphatic heterocycles. The van der Waals surface area contributed by atoms with Crippen LogP contribution in [-0.2, 0) is 11.2 Å². The van der Waals surface area contributed by atoms with E-state index in [0.29, 0.717) is 5.13 Å². The SMILES string of the molecule is O=C(Cc1ccc(F)cc1)Nc1nc(-c2ccc(Oc3ccccc3)cc2)cs1. The van der Waals surface area contributed by atoms with Crippen LogP contribution in [-0.4, -0.2) is 10.9 Å². The van der Waals surface area contributed by atoms with Crippen LogP contribution in [0.3, 0.4) is 0 Å². The van der Waals surface area contributed by atoms with E-state index < -0.39 is 0 Å². The van der Waals surface area contributed by atoms with Gasteiger partial charge in [-0.2, -0.15) is 0 Å². The maximum atomic E-state index is 13.0. The molecule has 0 radical (unpaired) electrons. The monoisotopic (exact) mass is 404 g/mol. The summed E-state index contributed by atoms with van der Waals surface area (Å²) in [6.07, 6.45) is 0.167. The number of aromatic nitrogens is 1. The molecule has 6 heteroatoms. The number of anilines is 1. The molecule has 0 saturated carbocycles. The van der Waals surface area contributed by atoms with Crippen molar-refractivity contribution in [2.45, 2.75) is 6.42 Å². The lowest BCUT2D eigenvalue weighted by molar-refractivity contribution is -0.115. The summed E-state index contributed by atoms with van der Waals surface area (Å²) >= 11 is 1.36. The van der Waals surface area contributed by atoms with Crippen molar-refractivity contribution in [3.63, 3.8) is 0 Å². The standard InChI is InChI=1S/C23H17FN2O2S/c24-18-10-6-16(7-11-18)14-22(27)26-23-25-21(15-29-23)17-8-12-20(13-9-17)28-19-4-2-1-3-5-19/h1-13,15H,14H2,(H,25,26,27). The Kier molecular flexibility index (Phi) is 5.63. The van der Waals surface area contributed by atoms with E-state index in [9.17, 15) is 9.18 Å². The molecule has 4 aromatic rings. The Balaban J connectivity index is 1.38. The fraction of sp³-hybridized carbons (Fsp3) is 0.0435. The van der Waals surface area contributed by atoms with Gasteiger partial charge in [0.1, 0.15) is 17.3 Å². The quantitative estimate of drug-likeness (QED) is 0.434. The average molecular weight is 404 g/mol. The molecule has 0 fully saturated rings. The first-order chi connectivity index (χ1) is 14.2. The van der Waals surface area contributed by atoms with Crippen molar-refractivity contribution >= 4 is 22.4 Å². The van der Waals surface area contributed by atoms with E-state index in [1.165, 1.54) is 23.5 Å². The lowest BCUT2D eigenvalue weighted by Gasteiger charge is -2.06. The lowest BCUT2D eigenvalue weighted by Crippen LogP contribution is -2.14. The number of rotatable bonds is 6. The molecular weight excluding hydrogens is 387 g/mol. The number of carbonyl (C=O) groups is 1. The first kappa shape index (κ1) is 18.8. The summed E-state index contributed by atoms with van der Waals surface area (Å²) in [4.78, 5) is 16.7. The molecule has 0 aliphatic carbocycles. The average Bonchev–Trinajstić information content (AvgIpc) is 3.19. The van der Waals surface area contributed by atoms with Crippen LogP contribution in [0, 0.1) is 5.82 Å². The summed E-state index contributed by atoms with van der Waals surface area (Å²) in [5.74, 6) is 1.01. The van der Waals surface area contributed by atoms with Crippen molar-refractivity contribution in [1.29, 1.82) is 0 Å². The van der Waals surface area contributed by atoms with Crippen LogP contribution in [0.2, 0.25) is 0 Å². The Bertz CT molecular complexity index is 1090. The summed E-state index contributed by atoms with van der Waals surface area (Å²) in [5.41, 5.74) is 2.45.